The minimum atomic E-state index is -4.37. The number of nitrogens with two attached hydrogens (primary N) is 1. The van der Waals surface area contributed by atoms with Crippen molar-refractivity contribution in [2.24, 2.45) is 5.73 Å². The van der Waals surface area contributed by atoms with Crippen molar-refractivity contribution < 1.29 is 37.6 Å². The molecule has 10 heteroatoms. The molecule has 9 nitrogen and oxygen atoms in total. The highest BCUT2D eigenvalue weighted by molar-refractivity contribution is 7.47. The van der Waals surface area contributed by atoms with Crippen LogP contribution in [-0.2, 0) is 32.7 Å². The third-order valence-corrected chi connectivity index (χ3v) is 10.4. The quantitative estimate of drug-likeness (QED) is 0.0270. The van der Waals surface area contributed by atoms with Crippen LogP contribution in [0.2, 0.25) is 0 Å². The fraction of sp³-hybridized carbons (Fsp3) is 0.905. The Kier molecular flexibility index (Phi) is 38.5. The predicted octanol–water partition coefficient (Wildman–Crippen LogP) is 12.2. The van der Waals surface area contributed by atoms with E-state index in [1.807, 2.05) is 0 Å². The Bertz CT molecular complexity index is 871. The molecule has 2 atom stereocenters. The van der Waals surface area contributed by atoms with Gasteiger partial charge in [0.25, 0.3) is 0 Å². The van der Waals surface area contributed by atoms with E-state index in [0.29, 0.717) is 6.42 Å². The van der Waals surface area contributed by atoms with Crippen molar-refractivity contribution in [3.8, 4) is 0 Å². The highest BCUT2D eigenvalue weighted by Gasteiger charge is 2.26. The molecule has 1 unspecified atom stereocenters. The fourth-order valence-corrected chi connectivity index (χ4v) is 6.92. The van der Waals surface area contributed by atoms with Crippen LogP contribution >= 0.6 is 7.82 Å². The summed E-state index contributed by atoms with van der Waals surface area (Å²) in [5.41, 5.74) is 5.34. The maximum Gasteiger partial charge on any atom is 0.472 e. The van der Waals surface area contributed by atoms with E-state index in [1.165, 1.54) is 128 Å². The van der Waals surface area contributed by atoms with Gasteiger partial charge in [-0.05, 0) is 38.5 Å². The van der Waals surface area contributed by atoms with Crippen molar-refractivity contribution in [3.05, 3.63) is 12.2 Å². The number of phosphoric ester groups is 1. The highest BCUT2D eigenvalue weighted by atomic mass is 31.2. The summed E-state index contributed by atoms with van der Waals surface area (Å²) in [7, 11) is -4.37. The molecule has 0 saturated heterocycles. The summed E-state index contributed by atoms with van der Waals surface area (Å²) in [5, 5.41) is 0. The second-order valence-corrected chi connectivity index (χ2v) is 16.0. The zero-order valence-corrected chi connectivity index (χ0v) is 34.7. The van der Waals surface area contributed by atoms with Gasteiger partial charge >= 0.3 is 19.8 Å². The van der Waals surface area contributed by atoms with Crippen LogP contribution in [0.5, 0.6) is 0 Å². The molecule has 0 saturated carbocycles. The van der Waals surface area contributed by atoms with Gasteiger partial charge in [0, 0.05) is 19.4 Å². The summed E-state index contributed by atoms with van der Waals surface area (Å²) < 4.78 is 32.7. The van der Waals surface area contributed by atoms with Crippen molar-refractivity contribution in [2.75, 3.05) is 26.4 Å². The Labute approximate surface area is 319 Å². The fourth-order valence-electron chi connectivity index (χ4n) is 6.16. The SMILES string of the molecule is CCCCCC/C=C\CCCCCCCC(=O)O[C@H](COC(=O)CCCCCCCCCCCCCCCCCCCC)COP(=O)(O)OCCN. The summed E-state index contributed by atoms with van der Waals surface area (Å²) >= 11 is 0. The van der Waals surface area contributed by atoms with Crippen LogP contribution in [-0.4, -0.2) is 49.3 Å². The van der Waals surface area contributed by atoms with Crippen LogP contribution in [0.4, 0.5) is 0 Å². The van der Waals surface area contributed by atoms with Gasteiger partial charge in [-0.3, -0.25) is 18.6 Å². The molecule has 0 heterocycles. The van der Waals surface area contributed by atoms with E-state index in [2.05, 4.69) is 26.0 Å². The lowest BCUT2D eigenvalue weighted by atomic mass is 10.0. The van der Waals surface area contributed by atoms with Crippen LogP contribution in [0.15, 0.2) is 12.2 Å². The smallest absolute Gasteiger partial charge is 0.462 e. The van der Waals surface area contributed by atoms with Crippen molar-refractivity contribution >= 4 is 19.8 Å². The highest BCUT2D eigenvalue weighted by Crippen LogP contribution is 2.43. The van der Waals surface area contributed by atoms with E-state index in [1.54, 1.807) is 0 Å². The normalized spacial score (nSPS) is 13.4. The molecule has 0 rings (SSSR count). The van der Waals surface area contributed by atoms with Crippen LogP contribution < -0.4 is 5.73 Å². The Morgan fingerprint density at radius 3 is 1.38 bits per heavy atom. The third-order valence-electron chi connectivity index (χ3n) is 9.40. The summed E-state index contributed by atoms with van der Waals surface area (Å²) in [4.78, 5) is 34.8. The van der Waals surface area contributed by atoms with Gasteiger partial charge in [0.05, 0.1) is 13.2 Å². The molecule has 0 radical (unpaired) electrons. The molecular weight excluding hydrogens is 677 g/mol. The molecule has 0 aliphatic rings. The number of carbonyl (C=O) groups excluding carboxylic acids is 2. The predicted molar refractivity (Wildman–Crippen MR) is 215 cm³/mol. The first-order valence-electron chi connectivity index (χ1n) is 21.7. The molecular formula is C42H82NO8P. The molecule has 0 spiro atoms. The number of hydrogen-bond donors (Lipinski definition) is 2. The van der Waals surface area contributed by atoms with Crippen LogP contribution in [0.25, 0.3) is 0 Å². The number of hydrogen-bond acceptors (Lipinski definition) is 8. The van der Waals surface area contributed by atoms with Crippen molar-refractivity contribution in [1.82, 2.24) is 0 Å². The van der Waals surface area contributed by atoms with Crippen LogP contribution in [0, 0.1) is 0 Å². The number of carbonyl (C=O) groups is 2. The van der Waals surface area contributed by atoms with Gasteiger partial charge < -0.3 is 20.1 Å². The molecule has 308 valence electrons. The van der Waals surface area contributed by atoms with E-state index in [0.717, 1.165) is 51.4 Å². The second-order valence-electron chi connectivity index (χ2n) is 14.6. The minimum Gasteiger partial charge on any atom is -0.462 e. The molecule has 0 fully saturated rings. The third kappa shape index (κ3) is 38.5. The first kappa shape index (κ1) is 50.8. The van der Waals surface area contributed by atoms with E-state index in [9.17, 15) is 19.0 Å². The topological polar surface area (TPSA) is 134 Å². The van der Waals surface area contributed by atoms with E-state index in [-0.39, 0.29) is 38.6 Å². The van der Waals surface area contributed by atoms with Gasteiger partial charge in [0.15, 0.2) is 6.10 Å². The van der Waals surface area contributed by atoms with Gasteiger partial charge in [-0.25, -0.2) is 4.57 Å². The first-order chi connectivity index (χ1) is 25.3. The van der Waals surface area contributed by atoms with E-state index < -0.39 is 26.5 Å². The molecule has 52 heavy (non-hydrogen) atoms. The Balaban J connectivity index is 4.10. The summed E-state index contributed by atoms with van der Waals surface area (Å²) in [6, 6.07) is 0. The average molecular weight is 760 g/mol. The van der Waals surface area contributed by atoms with Gasteiger partial charge in [0.2, 0.25) is 0 Å². The minimum absolute atomic E-state index is 0.0548. The maximum absolute atomic E-state index is 12.5. The lowest BCUT2D eigenvalue weighted by Crippen LogP contribution is -2.29. The largest absolute Gasteiger partial charge is 0.472 e. The Hall–Kier alpha value is -1.25. The molecule has 0 aliphatic carbocycles. The monoisotopic (exact) mass is 760 g/mol. The maximum atomic E-state index is 12.5. The van der Waals surface area contributed by atoms with E-state index >= 15 is 0 Å². The molecule has 0 aliphatic heterocycles. The van der Waals surface area contributed by atoms with E-state index in [4.69, 9.17) is 24.3 Å². The van der Waals surface area contributed by atoms with Gasteiger partial charge in [-0.2, -0.15) is 0 Å². The van der Waals surface area contributed by atoms with Crippen molar-refractivity contribution in [3.63, 3.8) is 0 Å². The second kappa shape index (κ2) is 39.4. The Morgan fingerprint density at radius 2 is 0.942 bits per heavy atom. The lowest BCUT2D eigenvalue weighted by molar-refractivity contribution is -0.161. The number of esters is 2. The van der Waals surface area contributed by atoms with Crippen molar-refractivity contribution in [1.29, 1.82) is 0 Å². The number of unbranched alkanes of at least 4 members (excludes halogenated alkanes) is 26. The van der Waals surface area contributed by atoms with Gasteiger partial charge in [-0.15, -0.1) is 0 Å². The van der Waals surface area contributed by atoms with Gasteiger partial charge in [0.1, 0.15) is 6.61 Å². The first-order valence-corrected chi connectivity index (χ1v) is 23.2. The van der Waals surface area contributed by atoms with Gasteiger partial charge in [-0.1, -0.05) is 174 Å². The molecule has 0 amide bonds. The summed E-state index contributed by atoms with van der Waals surface area (Å²) in [6.45, 7) is 3.73. The lowest BCUT2D eigenvalue weighted by Gasteiger charge is -2.19. The zero-order valence-electron chi connectivity index (χ0n) is 33.8. The molecule has 0 aromatic rings. The van der Waals surface area contributed by atoms with Crippen LogP contribution in [0.3, 0.4) is 0 Å². The van der Waals surface area contributed by atoms with Crippen molar-refractivity contribution in [2.45, 2.75) is 219 Å². The number of phosphoric acid groups is 1. The number of allylic oxidation sites excluding steroid dienone is 2. The molecule has 0 aromatic carbocycles. The standard InChI is InChI=1S/C42H82NO8P/c1-3-5-7-9-11-13-15-17-18-19-20-21-23-24-26-28-30-32-34-41(44)48-38-40(39-50-52(46,47)49-37-36-43)51-42(45)35-33-31-29-27-25-22-16-14-12-10-8-6-4-2/h14,16,40H,3-13,15,17-39,43H2,1-2H3,(H,46,47)/b16-14-/t40-/m1/s1. The molecule has 0 aromatic heterocycles. The van der Waals surface area contributed by atoms with Crippen LogP contribution in [0.1, 0.15) is 213 Å². The Morgan fingerprint density at radius 1 is 0.558 bits per heavy atom. The number of rotatable bonds is 41. The summed E-state index contributed by atoms with van der Waals surface area (Å²) in [5.74, 6) is -0.828. The number of ether oxygens (including phenoxy) is 2. The molecule has 0 bridgehead atoms. The average Bonchev–Trinajstić information content (AvgIpc) is 3.13. The zero-order chi connectivity index (χ0) is 38.2. The molecule has 3 N–H and O–H groups in total. The summed E-state index contributed by atoms with van der Waals surface area (Å²) in [6.07, 6.45) is 39.5.